The number of nitrogens with one attached hydrogen (secondary N) is 1. The molecular weight excluding hydrogens is 362 g/mol. The monoisotopic (exact) mass is 379 g/mol. The molecule has 0 saturated heterocycles. The fraction of sp³-hybridized carbons (Fsp3) is 0.467. The summed E-state index contributed by atoms with van der Waals surface area (Å²) >= 11 is 4.76. The van der Waals surface area contributed by atoms with Crippen LogP contribution in [0, 0.1) is 0 Å². The van der Waals surface area contributed by atoms with Crippen molar-refractivity contribution in [2.75, 3.05) is 5.32 Å². The average molecular weight is 380 g/mol. The van der Waals surface area contributed by atoms with Crippen molar-refractivity contribution in [1.82, 2.24) is 20.4 Å². The van der Waals surface area contributed by atoms with Crippen LogP contribution < -0.4 is 5.32 Å². The highest BCUT2D eigenvalue weighted by atomic mass is 32.2. The zero-order valence-electron chi connectivity index (χ0n) is 13.0. The largest absolute Gasteiger partial charge is 0.419 e. The van der Waals surface area contributed by atoms with E-state index in [1.165, 1.54) is 32.1 Å². The van der Waals surface area contributed by atoms with E-state index in [-0.39, 0.29) is 0 Å². The molecule has 1 fully saturated rings. The summed E-state index contributed by atoms with van der Waals surface area (Å²) in [7, 11) is 0. The molecule has 1 aliphatic rings. The van der Waals surface area contributed by atoms with Gasteiger partial charge in [0.1, 0.15) is 0 Å². The first kappa shape index (κ1) is 16.0. The predicted octanol–water partition coefficient (Wildman–Crippen LogP) is 4.69. The van der Waals surface area contributed by atoms with E-state index in [0.29, 0.717) is 23.6 Å². The Morgan fingerprint density at radius 3 is 2.92 bits per heavy atom. The van der Waals surface area contributed by atoms with Crippen LogP contribution in [0.3, 0.4) is 0 Å². The van der Waals surface area contributed by atoms with Crippen molar-refractivity contribution in [3.63, 3.8) is 0 Å². The fourth-order valence-electron chi connectivity index (χ4n) is 2.68. The molecule has 9 heteroatoms. The second kappa shape index (κ2) is 7.62. The summed E-state index contributed by atoms with van der Waals surface area (Å²) < 4.78 is 6.61. The molecule has 3 aromatic heterocycles. The number of thioether (sulfide) groups is 1. The molecule has 0 aliphatic heterocycles. The smallest absolute Gasteiger partial charge is 0.257 e. The molecule has 0 radical (unpaired) electrons. The summed E-state index contributed by atoms with van der Waals surface area (Å²) in [6.07, 6.45) is 6.43. The fourth-order valence-corrected chi connectivity index (χ4v) is 4.99. The van der Waals surface area contributed by atoms with E-state index in [9.17, 15) is 0 Å². The summed E-state index contributed by atoms with van der Waals surface area (Å²) in [5.74, 6) is 1.80. The lowest BCUT2D eigenvalue weighted by molar-refractivity contribution is 0.462. The van der Waals surface area contributed by atoms with E-state index in [1.807, 2.05) is 17.5 Å². The second-order valence-corrected chi connectivity index (χ2v) is 8.77. The molecular formula is C15H17N5OS3. The molecule has 0 spiro atoms. The molecule has 0 amide bonds. The van der Waals surface area contributed by atoms with Crippen LogP contribution in [0.4, 0.5) is 5.13 Å². The lowest BCUT2D eigenvalue weighted by Crippen LogP contribution is -2.21. The zero-order chi connectivity index (χ0) is 16.2. The summed E-state index contributed by atoms with van der Waals surface area (Å²) in [5.41, 5.74) is 0. The van der Waals surface area contributed by atoms with Gasteiger partial charge in [-0.05, 0) is 24.3 Å². The second-order valence-electron chi connectivity index (χ2n) is 5.62. The van der Waals surface area contributed by atoms with Crippen LogP contribution in [0.5, 0.6) is 0 Å². The van der Waals surface area contributed by atoms with Gasteiger partial charge in [-0.3, -0.25) is 0 Å². The molecule has 1 saturated carbocycles. The summed E-state index contributed by atoms with van der Waals surface area (Å²) in [6, 6.07) is 4.50. The van der Waals surface area contributed by atoms with E-state index in [0.717, 1.165) is 14.3 Å². The van der Waals surface area contributed by atoms with Gasteiger partial charge in [-0.15, -0.1) is 31.7 Å². The van der Waals surface area contributed by atoms with Crippen LogP contribution >= 0.6 is 34.4 Å². The van der Waals surface area contributed by atoms with Crippen LogP contribution in [0.1, 0.15) is 38.0 Å². The standard InChI is InChI=1S/C15H17N5OS3/c1-2-5-10(6-3-1)16-14-19-20-15(24-14)23-9-12-17-18-13(21-12)11-7-4-8-22-11/h4,7-8,10H,1-3,5-6,9H2,(H,16,19). The Kier molecular flexibility index (Phi) is 5.10. The van der Waals surface area contributed by atoms with Crippen LogP contribution in [-0.2, 0) is 5.75 Å². The number of aromatic nitrogens is 4. The van der Waals surface area contributed by atoms with E-state index >= 15 is 0 Å². The van der Waals surface area contributed by atoms with Crippen molar-refractivity contribution in [3.8, 4) is 10.8 Å². The Balaban J connectivity index is 1.31. The molecule has 6 nitrogen and oxygen atoms in total. The topological polar surface area (TPSA) is 76.7 Å². The van der Waals surface area contributed by atoms with E-state index in [4.69, 9.17) is 4.42 Å². The lowest BCUT2D eigenvalue weighted by Gasteiger charge is -2.21. The van der Waals surface area contributed by atoms with Crippen molar-refractivity contribution < 1.29 is 4.42 Å². The highest BCUT2D eigenvalue weighted by molar-refractivity contribution is 8.00. The molecule has 24 heavy (non-hydrogen) atoms. The van der Waals surface area contributed by atoms with Crippen LogP contribution in [0.15, 0.2) is 26.3 Å². The summed E-state index contributed by atoms with van der Waals surface area (Å²) in [5, 5.41) is 23.1. The summed E-state index contributed by atoms with van der Waals surface area (Å²) in [4.78, 5) is 0.994. The molecule has 0 atom stereocenters. The first-order valence-corrected chi connectivity index (χ1v) is 10.6. The molecule has 1 aliphatic carbocycles. The molecule has 1 N–H and O–H groups in total. The van der Waals surface area contributed by atoms with Gasteiger partial charge in [0.25, 0.3) is 5.89 Å². The minimum Gasteiger partial charge on any atom is -0.419 e. The van der Waals surface area contributed by atoms with Crippen LogP contribution in [0.25, 0.3) is 10.8 Å². The zero-order valence-corrected chi connectivity index (χ0v) is 15.4. The highest BCUT2D eigenvalue weighted by Gasteiger charge is 2.16. The molecule has 0 aromatic carbocycles. The first-order valence-electron chi connectivity index (χ1n) is 7.96. The molecule has 3 heterocycles. The Hall–Kier alpha value is -1.45. The number of hydrogen-bond donors (Lipinski definition) is 1. The third-order valence-electron chi connectivity index (χ3n) is 3.86. The maximum Gasteiger partial charge on any atom is 0.257 e. The molecule has 126 valence electrons. The SMILES string of the molecule is c1csc(-c2nnc(CSc3nnc(NC4CCCCC4)s3)o2)c1. The van der Waals surface area contributed by atoms with Gasteiger partial charge < -0.3 is 9.73 Å². The lowest BCUT2D eigenvalue weighted by atomic mass is 9.96. The summed E-state index contributed by atoms with van der Waals surface area (Å²) in [6.45, 7) is 0. The molecule has 3 aromatic rings. The predicted molar refractivity (Wildman–Crippen MR) is 97.6 cm³/mol. The quantitative estimate of drug-likeness (QED) is 0.623. The third kappa shape index (κ3) is 3.96. The van der Waals surface area contributed by atoms with Crippen molar-refractivity contribution in [3.05, 3.63) is 23.4 Å². The van der Waals surface area contributed by atoms with Crippen molar-refractivity contribution in [2.45, 2.75) is 48.2 Å². The van der Waals surface area contributed by atoms with Crippen molar-refractivity contribution in [1.29, 1.82) is 0 Å². The van der Waals surface area contributed by atoms with Gasteiger partial charge >= 0.3 is 0 Å². The van der Waals surface area contributed by atoms with E-state index < -0.39 is 0 Å². The van der Waals surface area contributed by atoms with Crippen molar-refractivity contribution in [2.24, 2.45) is 0 Å². The van der Waals surface area contributed by atoms with Gasteiger partial charge in [-0.2, -0.15) is 0 Å². The minimum absolute atomic E-state index is 0.550. The number of rotatable bonds is 6. The van der Waals surface area contributed by atoms with Gasteiger partial charge in [0.2, 0.25) is 11.0 Å². The van der Waals surface area contributed by atoms with E-state index in [1.54, 1.807) is 34.4 Å². The number of anilines is 1. The van der Waals surface area contributed by atoms with Crippen molar-refractivity contribution >= 4 is 39.6 Å². The average Bonchev–Trinajstić information content (AvgIpc) is 3.35. The highest BCUT2D eigenvalue weighted by Crippen LogP contribution is 2.31. The molecule has 0 bridgehead atoms. The van der Waals surface area contributed by atoms with Gasteiger partial charge in [-0.1, -0.05) is 48.4 Å². The van der Waals surface area contributed by atoms with Gasteiger partial charge in [0.15, 0.2) is 4.34 Å². The van der Waals surface area contributed by atoms with Crippen LogP contribution in [0.2, 0.25) is 0 Å². The Morgan fingerprint density at radius 1 is 1.17 bits per heavy atom. The van der Waals surface area contributed by atoms with E-state index in [2.05, 4.69) is 25.7 Å². The maximum atomic E-state index is 5.69. The maximum absolute atomic E-state index is 5.69. The van der Waals surface area contributed by atoms with Gasteiger partial charge in [0.05, 0.1) is 10.6 Å². The van der Waals surface area contributed by atoms with Gasteiger partial charge in [0, 0.05) is 6.04 Å². The number of thiophene rings is 1. The first-order chi connectivity index (χ1) is 11.9. The number of nitrogens with zero attached hydrogens (tertiary/aromatic N) is 4. The Bertz CT molecular complexity index is 764. The van der Waals surface area contributed by atoms with Gasteiger partial charge in [-0.25, -0.2) is 0 Å². The Morgan fingerprint density at radius 2 is 2.08 bits per heavy atom. The Labute approximate surface area is 152 Å². The third-order valence-corrected chi connectivity index (χ3v) is 6.69. The molecule has 0 unspecified atom stereocenters. The minimum atomic E-state index is 0.550. The number of hydrogen-bond acceptors (Lipinski definition) is 9. The molecule has 4 rings (SSSR count). The van der Waals surface area contributed by atoms with Crippen LogP contribution in [-0.4, -0.2) is 26.4 Å². The normalized spacial score (nSPS) is 15.7.